The lowest BCUT2D eigenvalue weighted by Gasteiger charge is -2.16. The third kappa shape index (κ3) is 5.15. The van der Waals surface area contributed by atoms with Gasteiger partial charge >= 0.3 is 5.97 Å². The Hall–Kier alpha value is -3.04. The van der Waals surface area contributed by atoms with E-state index in [4.69, 9.17) is 14.6 Å². The number of ether oxygens (including phenoxy) is 2. The quantitative estimate of drug-likeness (QED) is 0.451. The van der Waals surface area contributed by atoms with Crippen molar-refractivity contribution in [1.82, 2.24) is 0 Å². The van der Waals surface area contributed by atoms with Crippen LogP contribution < -0.4 is 14.8 Å². The second kappa shape index (κ2) is 9.07. The number of rotatable bonds is 7. The van der Waals surface area contributed by atoms with Crippen molar-refractivity contribution < 1.29 is 23.9 Å². The smallest absolute Gasteiger partial charge is 0.304 e. The maximum absolute atomic E-state index is 12.5. The van der Waals surface area contributed by atoms with Gasteiger partial charge < -0.3 is 19.1 Å². The Balaban J connectivity index is 1.51. The lowest BCUT2D eigenvalue weighted by Crippen LogP contribution is -2.07. The predicted octanol–water partition coefficient (Wildman–Crippen LogP) is 5.75. The van der Waals surface area contributed by atoms with Crippen LogP contribution in [0.3, 0.4) is 0 Å². The molecule has 1 aliphatic heterocycles. The average Bonchev–Trinajstić information content (AvgIpc) is 3.13. The Bertz CT molecular complexity index is 1230. The number of hydrogen-bond acceptors (Lipinski definition) is 4. The van der Waals surface area contributed by atoms with Crippen molar-refractivity contribution in [1.29, 1.82) is 0 Å². The minimum absolute atomic E-state index is 0.0634. The number of carboxylic acid groups (broad SMARTS) is 1. The Morgan fingerprint density at radius 1 is 1.09 bits per heavy atom. The van der Waals surface area contributed by atoms with Crippen molar-refractivity contribution in [3.05, 3.63) is 76.9 Å². The van der Waals surface area contributed by atoms with Crippen LogP contribution in [0.25, 0.3) is 11.1 Å². The van der Waals surface area contributed by atoms with Gasteiger partial charge in [-0.1, -0.05) is 24.3 Å². The second-order valence-electron chi connectivity index (χ2n) is 9.10. The van der Waals surface area contributed by atoms with E-state index < -0.39 is 13.1 Å². The number of aliphatic carboxylic acids is 1. The first-order valence-corrected chi connectivity index (χ1v) is 13.6. The molecule has 0 aliphatic carbocycles. The Morgan fingerprint density at radius 2 is 1.82 bits per heavy atom. The van der Waals surface area contributed by atoms with Crippen molar-refractivity contribution in [2.45, 2.75) is 32.8 Å². The molecule has 0 radical (unpaired) electrons. The maximum Gasteiger partial charge on any atom is 0.304 e. The van der Waals surface area contributed by atoms with Crippen LogP contribution in [0.15, 0.2) is 54.6 Å². The lowest BCUT2D eigenvalue weighted by molar-refractivity contribution is -0.137. The van der Waals surface area contributed by atoms with Gasteiger partial charge in [-0.15, -0.1) is 0 Å². The van der Waals surface area contributed by atoms with Gasteiger partial charge in [0.1, 0.15) is 25.2 Å². The normalized spacial score (nSPS) is 15.1. The van der Waals surface area contributed by atoms with E-state index in [-0.39, 0.29) is 12.3 Å². The number of carboxylic acids is 1. The van der Waals surface area contributed by atoms with Gasteiger partial charge in [-0.25, -0.2) is 0 Å². The molecule has 0 saturated carbocycles. The van der Waals surface area contributed by atoms with Gasteiger partial charge in [-0.3, -0.25) is 4.79 Å². The number of benzene rings is 3. The summed E-state index contributed by atoms with van der Waals surface area (Å²) in [4.78, 5) is 11.0. The summed E-state index contributed by atoms with van der Waals surface area (Å²) in [5, 5.41) is 9.97. The fourth-order valence-corrected chi connectivity index (χ4v) is 5.43. The Kier molecular flexibility index (Phi) is 6.36. The van der Waals surface area contributed by atoms with Crippen LogP contribution in [0, 0.1) is 13.8 Å². The molecule has 1 heterocycles. The summed E-state index contributed by atoms with van der Waals surface area (Å²) in [6.45, 7) is 8.51. The molecular formula is C27H29O5P. The summed E-state index contributed by atoms with van der Waals surface area (Å²) >= 11 is 0. The summed E-state index contributed by atoms with van der Waals surface area (Å²) in [5.74, 6) is 0.446. The highest BCUT2D eigenvalue weighted by Gasteiger charge is 2.26. The first kappa shape index (κ1) is 23.1. The highest BCUT2D eigenvalue weighted by atomic mass is 31.2. The molecule has 33 heavy (non-hydrogen) atoms. The van der Waals surface area contributed by atoms with Crippen LogP contribution in [0.2, 0.25) is 0 Å². The van der Waals surface area contributed by atoms with E-state index >= 15 is 0 Å². The predicted molar refractivity (Wildman–Crippen MR) is 132 cm³/mol. The Labute approximate surface area is 194 Å². The molecule has 172 valence electrons. The first-order valence-electron chi connectivity index (χ1n) is 11.0. The number of aryl methyl sites for hydroxylation is 2. The van der Waals surface area contributed by atoms with Crippen molar-refractivity contribution in [2.24, 2.45) is 0 Å². The third-order valence-corrected chi connectivity index (χ3v) is 7.55. The van der Waals surface area contributed by atoms with Crippen LogP contribution in [0.4, 0.5) is 0 Å². The van der Waals surface area contributed by atoms with E-state index in [1.165, 1.54) is 0 Å². The highest BCUT2D eigenvalue weighted by molar-refractivity contribution is 7.70. The van der Waals surface area contributed by atoms with E-state index in [1.807, 2.05) is 42.5 Å². The zero-order valence-electron chi connectivity index (χ0n) is 19.4. The van der Waals surface area contributed by atoms with Crippen molar-refractivity contribution in [3.8, 4) is 22.6 Å². The first-order chi connectivity index (χ1) is 15.6. The molecule has 4 rings (SSSR count). The summed E-state index contributed by atoms with van der Waals surface area (Å²) < 4.78 is 24.2. The zero-order valence-corrected chi connectivity index (χ0v) is 20.3. The van der Waals surface area contributed by atoms with Gasteiger partial charge in [-0.05, 0) is 79.3 Å². The zero-order chi connectivity index (χ0) is 23.8. The fraction of sp³-hybridized carbons (Fsp3) is 0.296. The van der Waals surface area contributed by atoms with E-state index in [0.29, 0.717) is 24.7 Å². The molecule has 0 saturated heterocycles. The molecule has 5 nitrogen and oxygen atoms in total. The molecule has 0 spiro atoms. The molecule has 1 N–H and O–H groups in total. The van der Waals surface area contributed by atoms with Gasteiger partial charge in [0.05, 0.1) is 13.0 Å². The van der Waals surface area contributed by atoms with E-state index in [9.17, 15) is 9.36 Å². The molecule has 3 aromatic carbocycles. The van der Waals surface area contributed by atoms with Gasteiger partial charge in [0.15, 0.2) is 0 Å². The summed E-state index contributed by atoms with van der Waals surface area (Å²) in [6.07, 6.45) is 0.0634. The van der Waals surface area contributed by atoms with Crippen molar-refractivity contribution in [3.63, 3.8) is 0 Å². The molecule has 1 atom stereocenters. The van der Waals surface area contributed by atoms with Crippen molar-refractivity contribution in [2.75, 3.05) is 19.9 Å². The van der Waals surface area contributed by atoms with Gasteiger partial charge in [-0.2, -0.15) is 0 Å². The van der Waals surface area contributed by atoms with E-state index in [2.05, 4.69) is 26.0 Å². The molecule has 0 bridgehead atoms. The topological polar surface area (TPSA) is 72.8 Å². The van der Waals surface area contributed by atoms with Crippen LogP contribution >= 0.6 is 7.14 Å². The van der Waals surface area contributed by atoms with E-state index in [1.54, 1.807) is 13.3 Å². The summed E-state index contributed by atoms with van der Waals surface area (Å²) in [6, 6.07) is 17.9. The molecule has 0 amide bonds. The van der Waals surface area contributed by atoms with Crippen LogP contribution in [-0.2, 0) is 16.0 Å². The summed E-state index contributed by atoms with van der Waals surface area (Å²) in [7, 11) is -2.31. The minimum atomic E-state index is -2.31. The SMILES string of the molecule is Cc1cc(P(C)(C)=O)cc(C)c1-c1cccc(COc2ccc3c(c2)OCC3CC(=O)O)c1. The summed E-state index contributed by atoms with van der Waals surface area (Å²) in [5.41, 5.74) is 6.44. The average molecular weight is 464 g/mol. The van der Waals surface area contributed by atoms with Crippen LogP contribution in [0.1, 0.15) is 34.6 Å². The van der Waals surface area contributed by atoms with Crippen LogP contribution in [-0.4, -0.2) is 31.0 Å². The molecular weight excluding hydrogens is 435 g/mol. The largest absolute Gasteiger partial charge is 0.492 e. The van der Waals surface area contributed by atoms with Gasteiger partial charge in [0, 0.05) is 22.9 Å². The maximum atomic E-state index is 12.5. The molecule has 0 fully saturated rings. The fourth-order valence-electron chi connectivity index (χ4n) is 4.42. The third-order valence-electron chi connectivity index (χ3n) is 6.05. The highest BCUT2D eigenvalue weighted by Crippen LogP contribution is 2.39. The lowest BCUT2D eigenvalue weighted by atomic mass is 9.95. The van der Waals surface area contributed by atoms with Crippen LogP contribution in [0.5, 0.6) is 11.5 Å². The molecule has 3 aromatic rings. The number of hydrogen-bond donors (Lipinski definition) is 1. The van der Waals surface area contributed by atoms with Crippen molar-refractivity contribution >= 4 is 18.4 Å². The molecule has 1 aliphatic rings. The minimum Gasteiger partial charge on any atom is -0.492 e. The van der Waals surface area contributed by atoms with Gasteiger partial charge in [0.25, 0.3) is 0 Å². The number of carbonyl (C=O) groups is 1. The Morgan fingerprint density at radius 3 is 2.48 bits per heavy atom. The standard InChI is InChI=1S/C27H29O5P/c1-17-10-23(33(3,4)30)11-18(2)27(17)20-7-5-6-19(12-20)15-31-22-8-9-24-21(13-26(28)29)16-32-25(24)14-22/h5-12,14,21H,13,15-16H2,1-4H3,(H,28,29). The molecule has 6 heteroatoms. The monoisotopic (exact) mass is 464 g/mol. The second-order valence-corrected chi connectivity index (χ2v) is 12.3. The molecule has 0 aromatic heterocycles. The molecule has 1 unspecified atom stereocenters. The van der Waals surface area contributed by atoms with E-state index in [0.717, 1.165) is 38.7 Å². The van der Waals surface area contributed by atoms with Gasteiger partial charge in [0.2, 0.25) is 0 Å². The number of fused-ring (bicyclic) bond motifs is 1.